The average Bonchev–Trinajstić information content (AvgIpc) is 3.00. The van der Waals surface area contributed by atoms with Gasteiger partial charge >= 0.3 is 5.97 Å². The van der Waals surface area contributed by atoms with Crippen LogP contribution in [-0.2, 0) is 20.9 Å². The molecule has 8 nitrogen and oxygen atoms in total. The highest BCUT2D eigenvalue weighted by Gasteiger charge is 2.24. The van der Waals surface area contributed by atoms with Crippen LogP contribution in [0.15, 0.2) is 18.2 Å². The first-order valence-electron chi connectivity index (χ1n) is 7.71. The monoisotopic (exact) mass is 330 g/mol. The number of H-pyrrole nitrogens is 1. The molecule has 0 radical (unpaired) electrons. The van der Waals surface area contributed by atoms with Gasteiger partial charge in [0, 0.05) is 6.42 Å². The lowest BCUT2D eigenvalue weighted by Crippen LogP contribution is -2.48. The van der Waals surface area contributed by atoms with Crippen molar-refractivity contribution < 1.29 is 19.1 Å². The molecular formula is C16H18N4O4. The zero-order chi connectivity index (χ0) is 17.1. The first kappa shape index (κ1) is 16.0. The molecule has 126 valence electrons. The highest BCUT2D eigenvalue weighted by atomic mass is 16.5. The second-order valence-electron chi connectivity index (χ2n) is 5.64. The summed E-state index contributed by atoms with van der Waals surface area (Å²) in [5.41, 5.74) is 1.81. The first-order chi connectivity index (χ1) is 11.6. The van der Waals surface area contributed by atoms with Crippen molar-refractivity contribution in [1.82, 2.24) is 20.6 Å². The molecule has 1 saturated heterocycles. The second-order valence-corrected chi connectivity index (χ2v) is 5.64. The molecule has 1 unspecified atom stereocenters. The van der Waals surface area contributed by atoms with Crippen molar-refractivity contribution in [2.45, 2.75) is 31.8 Å². The Labute approximate surface area is 138 Å². The van der Waals surface area contributed by atoms with Crippen molar-refractivity contribution >= 4 is 28.8 Å². The van der Waals surface area contributed by atoms with Gasteiger partial charge in [-0.2, -0.15) is 0 Å². The number of carbonyl (C=O) groups excluding carboxylic acids is 3. The van der Waals surface area contributed by atoms with E-state index in [9.17, 15) is 14.4 Å². The number of hydrogen-bond donors (Lipinski definition) is 3. The van der Waals surface area contributed by atoms with E-state index in [0.717, 1.165) is 0 Å². The van der Waals surface area contributed by atoms with Crippen LogP contribution in [0.1, 0.15) is 35.4 Å². The Balaban J connectivity index is 1.66. The van der Waals surface area contributed by atoms with E-state index in [2.05, 4.69) is 25.3 Å². The Kier molecular flexibility index (Phi) is 4.45. The number of ether oxygens (including phenoxy) is 1. The number of nitrogens with one attached hydrogen (secondary N) is 3. The molecule has 2 heterocycles. The Bertz CT molecular complexity index is 798. The molecule has 1 atom stereocenters. The number of aromatic nitrogens is 2. The number of rotatable bonds is 4. The summed E-state index contributed by atoms with van der Waals surface area (Å²) < 4.78 is 4.68. The van der Waals surface area contributed by atoms with Crippen LogP contribution in [0.4, 0.5) is 0 Å². The van der Waals surface area contributed by atoms with Crippen LogP contribution >= 0.6 is 0 Å². The van der Waals surface area contributed by atoms with Crippen LogP contribution in [0.5, 0.6) is 0 Å². The summed E-state index contributed by atoms with van der Waals surface area (Å²) in [6, 6.07) is 4.52. The number of aromatic amines is 1. The lowest BCUT2D eigenvalue weighted by Gasteiger charge is -2.22. The van der Waals surface area contributed by atoms with E-state index in [1.54, 1.807) is 18.2 Å². The summed E-state index contributed by atoms with van der Waals surface area (Å²) in [5, 5.41) is 5.43. The van der Waals surface area contributed by atoms with Crippen LogP contribution in [0, 0.1) is 0 Å². The molecule has 1 aromatic carbocycles. The lowest BCUT2D eigenvalue weighted by molar-refractivity contribution is -0.131. The molecule has 0 saturated carbocycles. The minimum Gasteiger partial charge on any atom is -0.465 e. The molecule has 1 aliphatic rings. The molecule has 8 heteroatoms. The van der Waals surface area contributed by atoms with Gasteiger partial charge in [-0.05, 0) is 31.0 Å². The zero-order valence-corrected chi connectivity index (χ0v) is 13.2. The lowest BCUT2D eigenvalue weighted by atomic mass is 10.0. The van der Waals surface area contributed by atoms with Crippen molar-refractivity contribution in [3.8, 4) is 0 Å². The standard InChI is InChI=1S/C16H18N4O4/c1-24-16(23)9-5-6-10-12(7-9)19-13(18-10)8-17-15(22)11-3-2-4-14(21)20-11/h5-7,11H,2-4,8H2,1H3,(H,17,22)(H,18,19)(H,20,21). The molecule has 2 aromatic rings. The number of benzene rings is 1. The van der Waals surface area contributed by atoms with E-state index in [1.165, 1.54) is 7.11 Å². The molecule has 1 aliphatic heterocycles. The van der Waals surface area contributed by atoms with E-state index in [0.29, 0.717) is 41.7 Å². The topological polar surface area (TPSA) is 113 Å². The van der Waals surface area contributed by atoms with Gasteiger partial charge in [0.15, 0.2) is 0 Å². The Hall–Kier alpha value is -2.90. The van der Waals surface area contributed by atoms with Gasteiger partial charge in [-0.15, -0.1) is 0 Å². The van der Waals surface area contributed by atoms with Gasteiger partial charge in [-0.3, -0.25) is 9.59 Å². The van der Waals surface area contributed by atoms with Crippen molar-refractivity contribution in [3.63, 3.8) is 0 Å². The number of carbonyl (C=O) groups is 3. The minimum absolute atomic E-state index is 0.0968. The fraction of sp³-hybridized carbons (Fsp3) is 0.375. The molecule has 24 heavy (non-hydrogen) atoms. The summed E-state index contributed by atoms with van der Waals surface area (Å²) in [7, 11) is 1.32. The van der Waals surface area contributed by atoms with E-state index in [-0.39, 0.29) is 18.4 Å². The molecule has 0 bridgehead atoms. The Morgan fingerprint density at radius 1 is 1.42 bits per heavy atom. The van der Waals surface area contributed by atoms with Gasteiger partial charge in [-0.1, -0.05) is 0 Å². The first-order valence-corrected chi connectivity index (χ1v) is 7.71. The fourth-order valence-corrected chi connectivity index (χ4v) is 2.69. The predicted octanol–water partition coefficient (Wildman–Crippen LogP) is 0.634. The molecule has 3 N–H and O–H groups in total. The van der Waals surface area contributed by atoms with Crippen molar-refractivity contribution in [1.29, 1.82) is 0 Å². The zero-order valence-electron chi connectivity index (χ0n) is 13.2. The van der Waals surface area contributed by atoms with Crippen molar-refractivity contribution in [3.05, 3.63) is 29.6 Å². The largest absolute Gasteiger partial charge is 0.465 e. The summed E-state index contributed by atoms with van der Waals surface area (Å²) in [6.45, 7) is 0.216. The number of esters is 1. The van der Waals surface area contributed by atoms with Crippen molar-refractivity contribution in [2.75, 3.05) is 7.11 Å². The highest BCUT2D eigenvalue weighted by molar-refractivity contribution is 5.93. The van der Waals surface area contributed by atoms with E-state index in [1.807, 2.05) is 0 Å². The van der Waals surface area contributed by atoms with Gasteiger partial charge in [0.25, 0.3) is 0 Å². The molecule has 1 aromatic heterocycles. The van der Waals surface area contributed by atoms with E-state index < -0.39 is 12.0 Å². The van der Waals surface area contributed by atoms with Gasteiger partial charge in [0.2, 0.25) is 11.8 Å². The van der Waals surface area contributed by atoms with Gasteiger partial charge < -0.3 is 20.4 Å². The van der Waals surface area contributed by atoms with Crippen LogP contribution in [0.25, 0.3) is 11.0 Å². The second kappa shape index (κ2) is 6.69. The summed E-state index contributed by atoms with van der Waals surface area (Å²) in [4.78, 5) is 42.4. The van der Waals surface area contributed by atoms with Gasteiger partial charge in [0.05, 0.1) is 30.3 Å². The molecule has 3 rings (SSSR count). The Morgan fingerprint density at radius 2 is 2.25 bits per heavy atom. The van der Waals surface area contributed by atoms with Gasteiger partial charge in [0.1, 0.15) is 11.9 Å². The average molecular weight is 330 g/mol. The maximum atomic E-state index is 12.1. The Morgan fingerprint density at radius 3 is 3.00 bits per heavy atom. The maximum absolute atomic E-state index is 12.1. The highest BCUT2D eigenvalue weighted by Crippen LogP contribution is 2.15. The van der Waals surface area contributed by atoms with Crippen LogP contribution in [-0.4, -0.2) is 40.9 Å². The third-order valence-electron chi connectivity index (χ3n) is 3.93. The third-order valence-corrected chi connectivity index (χ3v) is 3.93. The normalized spacial score (nSPS) is 17.4. The smallest absolute Gasteiger partial charge is 0.337 e. The van der Waals surface area contributed by atoms with Crippen LogP contribution in [0.3, 0.4) is 0 Å². The predicted molar refractivity (Wildman–Crippen MR) is 85.1 cm³/mol. The fourth-order valence-electron chi connectivity index (χ4n) is 2.69. The summed E-state index contributed by atoms with van der Waals surface area (Å²) in [6.07, 6.45) is 1.82. The minimum atomic E-state index is -0.485. The number of piperidine rings is 1. The number of nitrogens with zero attached hydrogens (tertiary/aromatic N) is 1. The molecule has 2 amide bonds. The van der Waals surface area contributed by atoms with Crippen LogP contribution in [0.2, 0.25) is 0 Å². The van der Waals surface area contributed by atoms with E-state index in [4.69, 9.17) is 0 Å². The molecule has 1 fully saturated rings. The molecule has 0 spiro atoms. The third kappa shape index (κ3) is 3.37. The maximum Gasteiger partial charge on any atom is 0.337 e. The number of hydrogen-bond acceptors (Lipinski definition) is 5. The summed E-state index contributed by atoms with van der Waals surface area (Å²) >= 11 is 0. The molecular weight excluding hydrogens is 312 g/mol. The number of amides is 2. The van der Waals surface area contributed by atoms with E-state index >= 15 is 0 Å². The molecule has 0 aliphatic carbocycles. The number of fused-ring (bicyclic) bond motifs is 1. The van der Waals surface area contributed by atoms with Crippen LogP contribution < -0.4 is 10.6 Å². The quantitative estimate of drug-likeness (QED) is 0.712. The number of imidazole rings is 1. The summed E-state index contributed by atoms with van der Waals surface area (Å²) in [5.74, 6) is -0.170. The SMILES string of the molecule is COC(=O)c1ccc2nc(CNC(=O)C3CCCC(=O)N3)[nH]c2c1. The number of methoxy groups -OCH3 is 1. The van der Waals surface area contributed by atoms with Crippen molar-refractivity contribution in [2.24, 2.45) is 0 Å². The van der Waals surface area contributed by atoms with Gasteiger partial charge in [-0.25, -0.2) is 9.78 Å².